The largest absolute Gasteiger partial charge is 0.325 e. The number of benzene rings is 1. The van der Waals surface area contributed by atoms with Gasteiger partial charge >= 0.3 is 5.69 Å². The van der Waals surface area contributed by atoms with Gasteiger partial charge in [-0.3, -0.25) is 14.5 Å². The fourth-order valence-electron chi connectivity index (χ4n) is 2.04. The molecule has 118 valence electrons. The summed E-state index contributed by atoms with van der Waals surface area (Å²) in [5.74, 6) is 0.160. The molecule has 2 rings (SSSR count). The number of sulfonamides is 1. The average molecular weight is 323 g/mol. The molecular weight excluding hydrogens is 306 g/mol. The lowest BCUT2D eigenvalue weighted by atomic mass is 9.97. The van der Waals surface area contributed by atoms with Gasteiger partial charge in [0.25, 0.3) is 15.6 Å². The number of anilines is 1. The number of rotatable bonds is 5. The molecule has 0 spiro atoms. The second kappa shape index (κ2) is 6.18. The van der Waals surface area contributed by atoms with Gasteiger partial charge in [-0.05, 0) is 24.0 Å². The third kappa shape index (κ3) is 3.28. The van der Waals surface area contributed by atoms with Crippen molar-refractivity contribution in [2.75, 3.05) is 4.72 Å². The van der Waals surface area contributed by atoms with Gasteiger partial charge < -0.3 is 4.98 Å². The summed E-state index contributed by atoms with van der Waals surface area (Å²) in [6.45, 7) is 3.99. The van der Waals surface area contributed by atoms with Crippen molar-refractivity contribution in [2.24, 2.45) is 0 Å². The van der Waals surface area contributed by atoms with E-state index in [9.17, 15) is 18.0 Å². The van der Waals surface area contributed by atoms with E-state index >= 15 is 0 Å². The molecule has 22 heavy (non-hydrogen) atoms. The molecule has 0 saturated carbocycles. The maximum Gasteiger partial charge on any atom is 0.325 e. The van der Waals surface area contributed by atoms with Gasteiger partial charge in [0.2, 0.25) is 0 Å². The summed E-state index contributed by atoms with van der Waals surface area (Å²) in [5.41, 5.74) is -0.460. The Bertz CT molecular complexity index is 883. The van der Waals surface area contributed by atoms with Gasteiger partial charge in [0.1, 0.15) is 0 Å². The summed E-state index contributed by atoms with van der Waals surface area (Å²) in [5, 5.41) is 0. The highest BCUT2D eigenvalue weighted by Gasteiger charge is 2.21. The predicted molar refractivity (Wildman–Crippen MR) is 83.6 cm³/mol. The second-order valence-electron chi connectivity index (χ2n) is 4.94. The van der Waals surface area contributed by atoms with Crippen LogP contribution in [0.4, 0.5) is 5.69 Å². The monoisotopic (exact) mass is 323 g/mol. The van der Waals surface area contributed by atoms with E-state index in [0.717, 1.165) is 18.2 Å². The van der Waals surface area contributed by atoms with E-state index in [0.29, 0.717) is 5.69 Å². The Balaban J connectivity index is 2.46. The van der Waals surface area contributed by atoms with Crippen LogP contribution in [0.2, 0.25) is 0 Å². The first kappa shape index (κ1) is 16.0. The summed E-state index contributed by atoms with van der Waals surface area (Å²) in [7, 11) is -4.09. The number of H-pyrrole nitrogens is 2. The molecule has 0 fully saturated rings. The number of para-hydroxylation sites is 1. The van der Waals surface area contributed by atoms with E-state index in [1.165, 1.54) is 0 Å². The van der Waals surface area contributed by atoms with Crippen LogP contribution in [0.3, 0.4) is 0 Å². The fourth-order valence-corrected chi connectivity index (χ4v) is 3.13. The first-order valence-electron chi connectivity index (χ1n) is 6.79. The molecule has 0 aliphatic carbocycles. The minimum Gasteiger partial charge on any atom is -0.313 e. The number of hydrogen-bond donors (Lipinski definition) is 3. The van der Waals surface area contributed by atoms with E-state index in [4.69, 9.17) is 0 Å². The van der Waals surface area contributed by atoms with Crippen LogP contribution in [0, 0.1) is 0 Å². The highest BCUT2D eigenvalue weighted by molar-refractivity contribution is 7.92. The van der Waals surface area contributed by atoms with Crippen LogP contribution in [0.25, 0.3) is 0 Å². The molecule has 2 aromatic rings. The van der Waals surface area contributed by atoms with Gasteiger partial charge in [0, 0.05) is 6.20 Å². The minimum absolute atomic E-state index is 0.160. The summed E-state index contributed by atoms with van der Waals surface area (Å²) < 4.78 is 27.1. The Morgan fingerprint density at radius 2 is 1.91 bits per heavy atom. The van der Waals surface area contributed by atoms with E-state index in [1.807, 2.05) is 31.0 Å². The molecule has 0 aliphatic heterocycles. The third-order valence-corrected chi connectivity index (χ3v) is 4.79. The zero-order valence-corrected chi connectivity index (χ0v) is 13.0. The van der Waals surface area contributed by atoms with Gasteiger partial charge in [0.15, 0.2) is 4.90 Å². The van der Waals surface area contributed by atoms with Crippen molar-refractivity contribution in [3.05, 3.63) is 56.9 Å². The molecule has 0 amide bonds. The average Bonchev–Trinajstić information content (AvgIpc) is 2.46. The lowest BCUT2D eigenvalue weighted by Gasteiger charge is -2.16. The zero-order valence-electron chi connectivity index (χ0n) is 12.2. The first-order valence-corrected chi connectivity index (χ1v) is 8.27. The van der Waals surface area contributed by atoms with Crippen LogP contribution in [0.1, 0.15) is 31.7 Å². The molecule has 3 N–H and O–H groups in total. The number of hydrogen-bond acceptors (Lipinski definition) is 4. The summed E-state index contributed by atoms with van der Waals surface area (Å²) in [4.78, 5) is 26.1. The summed E-state index contributed by atoms with van der Waals surface area (Å²) >= 11 is 0. The van der Waals surface area contributed by atoms with Crippen molar-refractivity contribution < 1.29 is 8.42 Å². The highest BCUT2D eigenvalue weighted by Crippen LogP contribution is 2.27. The van der Waals surface area contributed by atoms with Crippen LogP contribution in [0.15, 0.2) is 44.9 Å². The standard InChI is InChI=1S/C14H17N3O4S/c1-3-9(2)10-6-4-5-7-11(10)17-22(20,21)12-8-15-14(19)16-13(12)18/h4-9,17H,3H2,1-2H3,(H2,15,16,18,19). The molecule has 1 atom stereocenters. The maximum atomic E-state index is 12.3. The van der Waals surface area contributed by atoms with Gasteiger partial charge in [-0.1, -0.05) is 32.0 Å². The van der Waals surface area contributed by atoms with Crippen LogP contribution in [0.5, 0.6) is 0 Å². The van der Waals surface area contributed by atoms with Crippen molar-refractivity contribution in [1.82, 2.24) is 9.97 Å². The predicted octanol–water partition coefficient (Wildman–Crippen LogP) is 1.38. The maximum absolute atomic E-state index is 12.3. The Hall–Kier alpha value is -2.35. The Labute approximate surface area is 127 Å². The molecule has 1 aromatic carbocycles. The Morgan fingerprint density at radius 3 is 2.55 bits per heavy atom. The molecular formula is C14H17N3O4S. The van der Waals surface area contributed by atoms with E-state index in [2.05, 4.69) is 9.71 Å². The Morgan fingerprint density at radius 1 is 1.23 bits per heavy atom. The topological polar surface area (TPSA) is 112 Å². The molecule has 1 unspecified atom stereocenters. The summed E-state index contributed by atoms with van der Waals surface area (Å²) in [6, 6.07) is 7.01. The minimum atomic E-state index is -4.09. The molecule has 1 aromatic heterocycles. The van der Waals surface area contributed by atoms with Gasteiger partial charge in [-0.2, -0.15) is 0 Å². The third-order valence-electron chi connectivity index (χ3n) is 3.42. The second-order valence-corrected chi connectivity index (χ2v) is 6.59. The number of aromatic amines is 2. The van der Waals surface area contributed by atoms with Crippen LogP contribution in [-0.4, -0.2) is 18.4 Å². The lowest BCUT2D eigenvalue weighted by molar-refractivity contribution is 0.598. The van der Waals surface area contributed by atoms with Crippen molar-refractivity contribution in [1.29, 1.82) is 0 Å². The van der Waals surface area contributed by atoms with Crippen LogP contribution in [-0.2, 0) is 10.0 Å². The van der Waals surface area contributed by atoms with Crippen molar-refractivity contribution in [3.63, 3.8) is 0 Å². The van der Waals surface area contributed by atoms with Crippen molar-refractivity contribution in [3.8, 4) is 0 Å². The highest BCUT2D eigenvalue weighted by atomic mass is 32.2. The quantitative estimate of drug-likeness (QED) is 0.771. The SMILES string of the molecule is CCC(C)c1ccccc1NS(=O)(=O)c1c[nH]c(=O)[nH]c1=O. The molecule has 7 nitrogen and oxygen atoms in total. The number of nitrogens with one attached hydrogen (secondary N) is 3. The zero-order chi connectivity index (χ0) is 16.3. The summed E-state index contributed by atoms with van der Waals surface area (Å²) in [6.07, 6.45) is 1.73. The number of aromatic nitrogens is 2. The molecule has 0 radical (unpaired) electrons. The first-order chi connectivity index (χ1) is 10.3. The molecule has 0 bridgehead atoms. The normalized spacial score (nSPS) is 12.8. The fraction of sp³-hybridized carbons (Fsp3) is 0.286. The smallest absolute Gasteiger partial charge is 0.313 e. The molecule has 0 aliphatic rings. The van der Waals surface area contributed by atoms with Gasteiger partial charge in [-0.25, -0.2) is 13.2 Å². The molecule has 1 heterocycles. The van der Waals surface area contributed by atoms with E-state index < -0.39 is 26.2 Å². The van der Waals surface area contributed by atoms with Gasteiger partial charge in [0.05, 0.1) is 5.69 Å². The molecule has 0 saturated heterocycles. The van der Waals surface area contributed by atoms with Crippen LogP contribution < -0.4 is 16.0 Å². The van der Waals surface area contributed by atoms with Crippen molar-refractivity contribution in [2.45, 2.75) is 31.1 Å². The van der Waals surface area contributed by atoms with Gasteiger partial charge in [-0.15, -0.1) is 0 Å². The van der Waals surface area contributed by atoms with Crippen LogP contribution >= 0.6 is 0 Å². The molecule has 8 heteroatoms. The van der Waals surface area contributed by atoms with E-state index in [1.54, 1.807) is 12.1 Å². The lowest BCUT2D eigenvalue weighted by Crippen LogP contribution is -2.29. The Kier molecular flexibility index (Phi) is 4.51. The van der Waals surface area contributed by atoms with Crippen molar-refractivity contribution >= 4 is 15.7 Å². The van der Waals surface area contributed by atoms with E-state index in [-0.39, 0.29) is 5.92 Å².